The summed E-state index contributed by atoms with van der Waals surface area (Å²) < 4.78 is 0. The van der Waals surface area contributed by atoms with E-state index >= 15 is 0 Å². The van der Waals surface area contributed by atoms with Gasteiger partial charge in [0.25, 0.3) is 0 Å². The largest absolute Gasteiger partial charge is 0.508 e. The van der Waals surface area contributed by atoms with Gasteiger partial charge in [0.2, 0.25) is 5.91 Å². The number of rotatable bonds is 5. The summed E-state index contributed by atoms with van der Waals surface area (Å²) in [7, 11) is 0. The Morgan fingerprint density at radius 2 is 2.18 bits per heavy atom. The molecule has 0 radical (unpaired) electrons. The molecule has 0 spiro atoms. The molecule has 0 aromatic heterocycles. The van der Waals surface area contributed by atoms with Gasteiger partial charge in [0.05, 0.1) is 0 Å². The van der Waals surface area contributed by atoms with Gasteiger partial charge in [0.1, 0.15) is 5.75 Å². The van der Waals surface area contributed by atoms with Gasteiger partial charge in [-0.25, -0.2) is 0 Å². The van der Waals surface area contributed by atoms with Crippen LogP contribution in [0.25, 0.3) is 0 Å². The average molecular weight is 236 g/mol. The molecule has 94 valence electrons. The molecule has 0 aliphatic rings. The lowest BCUT2D eigenvalue weighted by Crippen LogP contribution is -2.30. The minimum Gasteiger partial charge on any atom is -0.508 e. The predicted octanol–water partition coefficient (Wildman–Crippen LogP) is 2.03. The van der Waals surface area contributed by atoms with Crippen LogP contribution in [0.5, 0.6) is 5.75 Å². The Kier molecular flexibility index (Phi) is 4.97. The van der Waals surface area contributed by atoms with Gasteiger partial charge in [-0.1, -0.05) is 6.92 Å². The molecule has 1 atom stereocenters. The van der Waals surface area contributed by atoms with Crippen molar-refractivity contribution in [2.45, 2.75) is 33.2 Å². The second-order valence-electron chi connectivity index (χ2n) is 4.21. The highest BCUT2D eigenvalue weighted by atomic mass is 16.3. The van der Waals surface area contributed by atoms with Crippen molar-refractivity contribution in [3.05, 3.63) is 23.8 Å². The molecule has 0 saturated heterocycles. The molecule has 1 aromatic carbocycles. The van der Waals surface area contributed by atoms with E-state index in [1.807, 2.05) is 13.8 Å². The average Bonchev–Trinajstić information content (AvgIpc) is 2.23. The third kappa shape index (κ3) is 4.44. The van der Waals surface area contributed by atoms with Crippen LogP contribution in [-0.2, 0) is 4.79 Å². The number of amides is 1. The SMILES string of the molecule is CCNC(C)CC(=O)Nc1ccc(O)c(C)c1. The van der Waals surface area contributed by atoms with E-state index in [-0.39, 0.29) is 17.7 Å². The van der Waals surface area contributed by atoms with E-state index in [0.29, 0.717) is 12.1 Å². The number of hydrogen-bond donors (Lipinski definition) is 3. The third-order valence-electron chi connectivity index (χ3n) is 2.52. The minimum atomic E-state index is -0.0245. The Morgan fingerprint density at radius 1 is 1.47 bits per heavy atom. The van der Waals surface area contributed by atoms with Crippen molar-refractivity contribution in [2.24, 2.45) is 0 Å². The topological polar surface area (TPSA) is 61.4 Å². The summed E-state index contributed by atoms with van der Waals surface area (Å²) >= 11 is 0. The zero-order valence-electron chi connectivity index (χ0n) is 10.6. The van der Waals surface area contributed by atoms with Crippen LogP contribution in [0.1, 0.15) is 25.8 Å². The number of hydrogen-bond acceptors (Lipinski definition) is 3. The number of carbonyl (C=O) groups excluding carboxylic acids is 1. The van der Waals surface area contributed by atoms with E-state index in [0.717, 1.165) is 12.1 Å². The Balaban J connectivity index is 2.53. The molecule has 0 saturated carbocycles. The molecule has 3 N–H and O–H groups in total. The van der Waals surface area contributed by atoms with Crippen LogP contribution in [0.15, 0.2) is 18.2 Å². The lowest BCUT2D eigenvalue weighted by Gasteiger charge is -2.12. The number of phenolic OH excluding ortho intramolecular Hbond substituents is 1. The van der Waals surface area contributed by atoms with Gasteiger partial charge in [-0.05, 0) is 44.2 Å². The third-order valence-corrected chi connectivity index (χ3v) is 2.52. The highest BCUT2D eigenvalue weighted by Gasteiger charge is 2.08. The van der Waals surface area contributed by atoms with Crippen molar-refractivity contribution < 1.29 is 9.90 Å². The molecule has 1 aromatic rings. The van der Waals surface area contributed by atoms with Gasteiger partial charge in [-0.3, -0.25) is 4.79 Å². The van der Waals surface area contributed by atoms with Crippen molar-refractivity contribution in [1.29, 1.82) is 0 Å². The molecule has 0 heterocycles. The van der Waals surface area contributed by atoms with E-state index in [1.54, 1.807) is 25.1 Å². The van der Waals surface area contributed by atoms with Crippen molar-refractivity contribution in [3.63, 3.8) is 0 Å². The summed E-state index contributed by atoms with van der Waals surface area (Å²) in [6, 6.07) is 5.19. The Hall–Kier alpha value is -1.55. The quantitative estimate of drug-likeness (QED) is 0.685. The molecule has 1 unspecified atom stereocenters. The van der Waals surface area contributed by atoms with Gasteiger partial charge < -0.3 is 15.7 Å². The molecule has 4 heteroatoms. The first-order valence-electron chi connectivity index (χ1n) is 5.85. The fourth-order valence-electron chi connectivity index (χ4n) is 1.64. The number of aromatic hydroxyl groups is 1. The van der Waals surface area contributed by atoms with Gasteiger partial charge in [-0.15, -0.1) is 0 Å². The lowest BCUT2D eigenvalue weighted by atomic mass is 10.2. The zero-order valence-corrected chi connectivity index (χ0v) is 10.6. The molecule has 0 aliphatic heterocycles. The molecule has 1 amide bonds. The standard InChI is InChI=1S/C13H20N2O2/c1-4-14-10(3)8-13(17)15-11-5-6-12(16)9(2)7-11/h5-7,10,14,16H,4,8H2,1-3H3,(H,15,17). The predicted molar refractivity (Wildman–Crippen MR) is 69.2 cm³/mol. The van der Waals surface area contributed by atoms with Crippen LogP contribution >= 0.6 is 0 Å². The number of anilines is 1. The van der Waals surface area contributed by atoms with Crippen LogP contribution in [0.4, 0.5) is 5.69 Å². The first-order valence-corrected chi connectivity index (χ1v) is 5.85. The Bertz CT molecular complexity index is 391. The van der Waals surface area contributed by atoms with Gasteiger partial charge in [0.15, 0.2) is 0 Å². The van der Waals surface area contributed by atoms with E-state index < -0.39 is 0 Å². The van der Waals surface area contributed by atoms with E-state index in [9.17, 15) is 9.90 Å². The molecule has 1 rings (SSSR count). The molecule has 0 aliphatic carbocycles. The highest BCUT2D eigenvalue weighted by molar-refractivity contribution is 5.91. The van der Waals surface area contributed by atoms with Crippen LogP contribution in [0, 0.1) is 6.92 Å². The number of benzene rings is 1. The molecular formula is C13H20N2O2. The van der Waals surface area contributed by atoms with Crippen molar-refractivity contribution in [2.75, 3.05) is 11.9 Å². The lowest BCUT2D eigenvalue weighted by molar-refractivity contribution is -0.116. The van der Waals surface area contributed by atoms with Crippen LogP contribution in [0.3, 0.4) is 0 Å². The smallest absolute Gasteiger partial charge is 0.225 e. The normalized spacial score (nSPS) is 12.2. The summed E-state index contributed by atoms with van der Waals surface area (Å²) in [6.45, 7) is 6.64. The minimum absolute atomic E-state index is 0.0245. The summed E-state index contributed by atoms with van der Waals surface area (Å²) in [5.41, 5.74) is 1.47. The first-order chi connectivity index (χ1) is 8.02. The fraction of sp³-hybridized carbons (Fsp3) is 0.462. The summed E-state index contributed by atoms with van der Waals surface area (Å²) in [5.74, 6) is 0.215. The molecule has 4 nitrogen and oxygen atoms in total. The van der Waals surface area contributed by atoms with E-state index in [1.165, 1.54) is 0 Å². The maximum Gasteiger partial charge on any atom is 0.225 e. The van der Waals surface area contributed by atoms with Crippen molar-refractivity contribution in [3.8, 4) is 5.75 Å². The highest BCUT2D eigenvalue weighted by Crippen LogP contribution is 2.20. The van der Waals surface area contributed by atoms with Crippen LogP contribution in [-0.4, -0.2) is 23.6 Å². The number of carbonyl (C=O) groups is 1. The van der Waals surface area contributed by atoms with E-state index in [4.69, 9.17) is 0 Å². The fourth-order valence-corrected chi connectivity index (χ4v) is 1.64. The van der Waals surface area contributed by atoms with Crippen molar-refractivity contribution in [1.82, 2.24) is 5.32 Å². The first kappa shape index (κ1) is 13.5. The summed E-state index contributed by atoms with van der Waals surface area (Å²) in [5, 5.41) is 15.4. The van der Waals surface area contributed by atoms with Crippen molar-refractivity contribution >= 4 is 11.6 Å². The monoisotopic (exact) mass is 236 g/mol. The summed E-state index contributed by atoms with van der Waals surface area (Å²) in [6.07, 6.45) is 0.438. The number of aryl methyl sites for hydroxylation is 1. The Morgan fingerprint density at radius 3 is 2.76 bits per heavy atom. The van der Waals surface area contributed by atoms with E-state index in [2.05, 4.69) is 10.6 Å². The molecular weight excluding hydrogens is 216 g/mol. The van der Waals surface area contributed by atoms with Gasteiger partial charge in [0, 0.05) is 18.2 Å². The molecule has 17 heavy (non-hydrogen) atoms. The van der Waals surface area contributed by atoms with Gasteiger partial charge in [-0.2, -0.15) is 0 Å². The second kappa shape index (κ2) is 6.25. The summed E-state index contributed by atoms with van der Waals surface area (Å²) in [4.78, 5) is 11.7. The number of nitrogens with one attached hydrogen (secondary N) is 2. The van der Waals surface area contributed by atoms with Gasteiger partial charge >= 0.3 is 0 Å². The van der Waals surface area contributed by atoms with Crippen LogP contribution in [0.2, 0.25) is 0 Å². The van der Waals surface area contributed by atoms with Crippen LogP contribution < -0.4 is 10.6 Å². The Labute approximate surface area is 102 Å². The molecule has 0 fully saturated rings. The maximum atomic E-state index is 11.7. The maximum absolute atomic E-state index is 11.7. The second-order valence-corrected chi connectivity index (χ2v) is 4.21. The zero-order chi connectivity index (χ0) is 12.8. The number of phenols is 1. The molecule has 0 bridgehead atoms.